The van der Waals surface area contributed by atoms with Gasteiger partial charge in [-0.1, -0.05) is 18.2 Å². The Balaban J connectivity index is 1.67. The highest BCUT2D eigenvalue weighted by molar-refractivity contribution is 6.04. The molecule has 3 rings (SSSR count). The third-order valence-corrected chi connectivity index (χ3v) is 4.41. The molecule has 1 saturated carbocycles. The summed E-state index contributed by atoms with van der Waals surface area (Å²) < 4.78 is 5.18. The van der Waals surface area contributed by atoms with E-state index in [0.717, 1.165) is 24.1 Å². The van der Waals surface area contributed by atoms with Gasteiger partial charge >= 0.3 is 5.97 Å². The van der Waals surface area contributed by atoms with Crippen LogP contribution in [0.3, 0.4) is 0 Å². The van der Waals surface area contributed by atoms with Gasteiger partial charge in [0.15, 0.2) is 6.61 Å². The first-order chi connectivity index (χ1) is 13.0. The number of aromatic nitrogens is 1. The average molecular weight is 369 g/mol. The molecule has 0 spiro atoms. The van der Waals surface area contributed by atoms with Crippen LogP contribution in [0.25, 0.3) is 10.9 Å². The Labute approximate surface area is 157 Å². The van der Waals surface area contributed by atoms with Crippen LogP contribution in [0.4, 0.5) is 0 Å². The van der Waals surface area contributed by atoms with Crippen LogP contribution in [0, 0.1) is 0 Å². The summed E-state index contributed by atoms with van der Waals surface area (Å²) in [7, 11) is 0. The van der Waals surface area contributed by atoms with Gasteiger partial charge in [-0.15, -0.1) is 0 Å². The minimum absolute atomic E-state index is 0.286. The predicted molar refractivity (Wildman–Crippen MR) is 100 cm³/mol. The number of fused-ring (bicyclic) bond motifs is 1. The molecule has 7 heteroatoms. The van der Waals surface area contributed by atoms with Gasteiger partial charge in [-0.05, 0) is 38.8 Å². The third-order valence-electron chi connectivity index (χ3n) is 4.41. The molecule has 2 N–H and O–H groups in total. The van der Waals surface area contributed by atoms with Crippen molar-refractivity contribution >= 4 is 28.7 Å². The molecule has 1 atom stereocenters. The fraction of sp³-hybridized carbons (Fsp3) is 0.400. The molecule has 1 aromatic carbocycles. The van der Waals surface area contributed by atoms with Crippen LogP contribution in [0.2, 0.25) is 0 Å². The highest BCUT2D eigenvalue weighted by Gasteiger charge is 2.27. The van der Waals surface area contributed by atoms with Crippen molar-refractivity contribution < 1.29 is 19.1 Å². The lowest BCUT2D eigenvalue weighted by atomic mass is 10.1. The number of benzene rings is 1. The van der Waals surface area contributed by atoms with Crippen molar-refractivity contribution in [2.75, 3.05) is 13.2 Å². The number of para-hydroxylation sites is 1. The maximum absolute atomic E-state index is 12.6. The molecule has 1 aliphatic rings. The van der Waals surface area contributed by atoms with E-state index in [-0.39, 0.29) is 5.91 Å². The predicted octanol–water partition coefficient (Wildman–Crippen LogP) is 1.91. The van der Waals surface area contributed by atoms with E-state index < -0.39 is 24.5 Å². The molecule has 0 bridgehead atoms. The van der Waals surface area contributed by atoms with Crippen molar-refractivity contribution in [3.05, 3.63) is 41.6 Å². The second-order valence-corrected chi connectivity index (χ2v) is 6.65. The number of ether oxygens (including phenoxy) is 1. The summed E-state index contributed by atoms with van der Waals surface area (Å²) in [5, 5.41) is 5.82. The van der Waals surface area contributed by atoms with Crippen molar-refractivity contribution in [1.29, 1.82) is 0 Å². The minimum Gasteiger partial charge on any atom is -0.452 e. The fourth-order valence-electron chi connectivity index (χ4n) is 2.84. The lowest BCUT2D eigenvalue weighted by Gasteiger charge is -2.14. The average Bonchev–Trinajstić information content (AvgIpc) is 3.50. The van der Waals surface area contributed by atoms with Gasteiger partial charge in [0.25, 0.3) is 5.91 Å². The maximum Gasteiger partial charge on any atom is 0.339 e. The lowest BCUT2D eigenvalue weighted by Crippen LogP contribution is -2.46. The van der Waals surface area contributed by atoms with Crippen LogP contribution in [0.15, 0.2) is 30.3 Å². The fourth-order valence-corrected chi connectivity index (χ4v) is 2.84. The largest absolute Gasteiger partial charge is 0.452 e. The first kappa shape index (κ1) is 18.8. The van der Waals surface area contributed by atoms with Gasteiger partial charge < -0.3 is 15.4 Å². The molecule has 1 aromatic heterocycles. The number of hydrogen-bond donors (Lipinski definition) is 2. The molecule has 1 aliphatic carbocycles. The number of likely N-dealkylation sites (N-methyl/N-ethyl adjacent to an activating group) is 1. The lowest BCUT2D eigenvalue weighted by molar-refractivity contribution is -0.130. The topological polar surface area (TPSA) is 97.4 Å². The summed E-state index contributed by atoms with van der Waals surface area (Å²) in [5.41, 5.74) is 2.03. The second kappa shape index (κ2) is 8.16. The number of amides is 2. The zero-order chi connectivity index (χ0) is 19.4. The number of carbonyl (C=O) groups excluding carboxylic acids is 3. The Kier molecular flexibility index (Phi) is 5.69. The van der Waals surface area contributed by atoms with Crippen molar-refractivity contribution in [3.8, 4) is 0 Å². The molecule has 0 radical (unpaired) electrons. The monoisotopic (exact) mass is 369 g/mol. The van der Waals surface area contributed by atoms with Gasteiger partial charge in [-0.2, -0.15) is 0 Å². The molecule has 142 valence electrons. The number of hydrogen-bond acceptors (Lipinski definition) is 5. The number of esters is 1. The van der Waals surface area contributed by atoms with Gasteiger partial charge in [0, 0.05) is 23.5 Å². The Morgan fingerprint density at radius 3 is 2.70 bits per heavy atom. The summed E-state index contributed by atoms with van der Waals surface area (Å²) in [6, 6.07) is 8.44. The molecular weight excluding hydrogens is 346 g/mol. The van der Waals surface area contributed by atoms with Crippen LogP contribution in [-0.4, -0.2) is 42.0 Å². The molecule has 1 fully saturated rings. The van der Waals surface area contributed by atoms with E-state index in [9.17, 15) is 14.4 Å². The van der Waals surface area contributed by atoms with Crippen LogP contribution in [0.5, 0.6) is 0 Å². The summed E-state index contributed by atoms with van der Waals surface area (Å²) in [4.78, 5) is 40.8. The van der Waals surface area contributed by atoms with Crippen molar-refractivity contribution in [2.24, 2.45) is 0 Å². The van der Waals surface area contributed by atoms with Crippen LogP contribution in [0.1, 0.15) is 48.7 Å². The highest BCUT2D eigenvalue weighted by Crippen LogP contribution is 2.40. The van der Waals surface area contributed by atoms with E-state index in [1.807, 2.05) is 24.3 Å². The molecule has 2 amide bonds. The van der Waals surface area contributed by atoms with E-state index in [4.69, 9.17) is 4.74 Å². The molecule has 0 unspecified atom stereocenters. The highest BCUT2D eigenvalue weighted by atomic mass is 16.5. The Bertz CT molecular complexity index is 877. The zero-order valence-corrected chi connectivity index (χ0v) is 15.5. The smallest absolute Gasteiger partial charge is 0.339 e. The summed E-state index contributed by atoms with van der Waals surface area (Å²) in [6.07, 6.45) is 2.14. The second-order valence-electron chi connectivity index (χ2n) is 6.65. The van der Waals surface area contributed by atoms with E-state index >= 15 is 0 Å². The van der Waals surface area contributed by atoms with Crippen LogP contribution in [-0.2, 0) is 14.3 Å². The zero-order valence-electron chi connectivity index (χ0n) is 15.5. The summed E-state index contributed by atoms with van der Waals surface area (Å²) in [6.45, 7) is 3.40. The van der Waals surface area contributed by atoms with Crippen molar-refractivity contribution in [2.45, 2.75) is 38.6 Å². The van der Waals surface area contributed by atoms with Gasteiger partial charge in [-0.25, -0.2) is 4.79 Å². The standard InChI is InChI=1S/C20H23N3O4/c1-3-21-19(25)12(2)22-18(24)11-27-20(26)15-10-17(13-8-9-13)23-16-7-5-4-6-14(15)16/h4-7,10,12-13H,3,8-9,11H2,1-2H3,(H,21,25)(H,22,24)/t12-/m0/s1. The van der Waals surface area contributed by atoms with E-state index in [1.165, 1.54) is 0 Å². The van der Waals surface area contributed by atoms with E-state index in [0.29, 0.717) is 23.4 Å². The van der Waals surface area contributed by atoms with Crippen molar-refractivity contribution in [1.82, 2.24) is 15.6 Å². The Morgan fingerprint density at radius 2 is 2.00 bits per heavy atom. The van der Waals surface area contributed by atoms with E-state index in [1.54, 1.807) is 19.9 Å². The molecule has 0 saturated heterocycles. The molecule has 1 heterocycles. The van der Waals surface area contributed by atoms with Crippen LogP contribution < -0.4 is 10.6 Å². The van der Waals surface area contributed by atoms with Crippen LogP contribution >= 0.6 is 0 Å². The first-order valence-electron chi connectivity index (χ1n) is 9.13. The van der Waals surface area contributed by atoms with Gasteiger partial charge in [-0.3, -0.25) is 14.6 Å². The minimum atomic E-state index is -0.695. The first-order valence-corrected chi connectivity index (χ1v) is 9.13. The van der Waals surface area contributed by atoms with Gasteiger partial charge in [0.2, 0.25) is 5.91 Å². The third kappa shape index (κ3) is 4.61. The van der Waals surface area contributed by atoms with Crippen molar-refractivity contribution in [3.63, 3.8) is 0 Å². The van der Waals surface area contributed by atoms with Gasteiger partial charge in [0.1, 0.15) is 6.04 Å². The number of nitrogens with zero attached hydrogens (tertiary/aromatic N) is 1. The summed E-state index contributed by atoms with van der Waals surface area (Å²) in [5.74, 6) is -0.993. The van der Waals surface area contributed by atoms with Gasteiger partial charge in [0.05, 0.1) is 11.1 Å². The van der Waals surface area contributed by atoms with E-state index in [2.05, 4.69) is 15.6 Å². The summed E-state index contributed by atoms with van der Waals surface area (Å²) >= 11 is 0. The number of carbonyl (C=O) groups is 3. The number of nitrogens with one attached hydrogen (secondary N) is 2. The normalized spacial score (nSPS) is 14.4. The molecule has 27 heavy (non-hydrogen) atoms. The Morgan fingerprint density at radius 1 is 1.26 bits per heavy atom. The molecular formula is C20H23N3O4. The SMILES string of the molecule is CCNC(=O)[C@H](C)NC(=O)COC(=O)c1cc(C2CC2)nc2ccccc12. The quantitative estimate of drug-likeness (QED) is 0.727. The number of rotatable bonds is 7. The molecule has 7 nitrogen and oxygen atoms in total. The molecule has 2 aromatic rings. The number of pyridine rings is 1. The Hall–Kier alpha value is -2.96. The maximum atomic E-state index is 12.6. The molecule has 0 aliphatic heterocycles.